The van der Waals surface area contributed by atoms with Crippen molar-refractivity contribution in [1.82, 2.24) is 10.1 Å². The van der Waals surface area contributed by atoms with Crippen LogP contribution in [-0.2, 0) is 4.74 Å². The van der Waals surface area contributed by atoms with Gasteiger partial charge >= 0.3 is 0 Å². The van der Waals surface area contributed by atoms with Crippen molar-refractivity contribution in [2.24, 2.45) is 5.73 Å². The molecule has 1 aliphatic rings. The normalized spacial score (nSPS) is 28.2. The highest BCUT2D eigenvalue weighted by Gasteiger charge is 2.29. The zero-order chi connectivity index (χ0) is 9.26. The van der Waals surface area contributed by atoms with E-state index in [1.54, 1.807) is 6.92 Å². The minimum absolute atomic E-state index is 0.0465. The Morgan fingerprint density at radius 1 is 1.54 bits per heavy atom. The molecule has 0 amide bonds. The molecule has 0 unspecified atom stereocenters. The number of ether oxygens (including phenoxy) is 1. The Bertz CT molecular complexity index is 287. The zero-order valence-electron chi connectivity index (χ0n) is 7.56. The number of hydrogen-bond donors (Lipinski definition) is 1. The van der Waals surface area contributed by atoms with Crippen LogP contribution in [0, 0.1) is 6.92 Å². The molecule has 1 fully saturated rings. The van der Waals surface area contributed by atoms with Gasteiger partial charge in [0.15, 0.2) is 5.82 Å². The third-order valence-electron chi connectivity index (χ3n) is 2.19. The highest BCUT2D eigenvalue weighted by molar-refractivity contribution is 4.91. The van der Waals surface area contributed by atoms with Crippen LogP contribution in [0.1, 0.15) is 30.7 Å². The molecule has 5 nitrogen and oxygen atoms in total. The molecule has 13 heavy (non-hydrogen) atoms. The Balaban J connectivity index is 2.03. The van der Waals surface area contributed by atoms with Gasteiger partial charge in [-0.2, -0.15) is 4.98 Å². The summed E-state index contributed by atoms with van der Waals surface area (Å²) in [6.07, 6.45) is 2.00. The number of nitrogens with zero attached hydrogens (tertiary/aromatic N) is 2. The number of rotatable bonds is 2. The van der Waals surface area contributed by atoms with Gasteiger partial charge in [-0.25, -0.2) is 0 Å². The van der Waals surface area contributed by atoms with E-state index in [9.17, 15) is 0 Å². The first-order valence-electron chi connectivity index (χ1n) is 4.45. The van der Waals surface area contributed by atoms with E-state index < -0.39 is 0 Å². The SMILES string of the molecule is Cc1noc([C@H]2CC[C@@H](CN)O2)n1. The van der Waals surface area contributed by atoms with Gasteiger partial charge in [0.25, 0.3) is 5.89 Å². The largest absolute Gasteiger partial charge is 0.364 e. The molecular formula is C8H13N3O2. The van der Waals surface area contributed by atoms with Crippen molar-refractivity contribution in [2.75, 3.05) is 6.54 Å². The molecule has 5 heteroatoms. The van der Waals surface area contributed by atoms with Gasteiger partial charge in [0.2, 0.25) is 0 Å². The number of hydrogen-bond acceptors (Lipinski definition) is 5. The third kappa shape index (κ3) is 1.71. The number of nitrogens with two attached hydrogens (primary N) is 1. The van der Waals surface area contributed by atoms with Gasteiger partial charge in [-0.1, -0.05) is 5.16 Å². The molecule has 1 aliphatic heterocycles. The Morgan fingerprint density at radius 2 is 2.38 bits per heavy atom. The molecule has 72 valence electrons. The third-order valence-corrected chi connectivity index (χ3v) is 2.19. The molecular weight excluding hydrogens is 170 g/mol. The molecule has 0 spiro atoms. The van der Waals surface area contributed by atoms with Crippen LogP contribution in [0.2, 0.25) is 0 Å². The Kier molecular flexibility index (Phi) is 2.28. The van der Waals surface area contributed by atoms with Gasteiger partial charge in [-0.3, -0.25) is 0 Å². The predicted molar refractivity (Wildman–Crippen MR) is 44.9 cm³/mol. The van der Waals surface area contributed by atoms with Crippen molar-refractivity contribution < 1.29 is 9.26 Å². The Labute approximate surface area is 76.3 Å². The molecule has 0 aliphatic carbocycles. The topological polar surface area (TPSA) is 74.2 Å². The van der Waals surface area contributed by atoms with E-state index in [0.717, 1.165) is 12.8 Å². The molecule has 1 saturated heterocycles. The van der Waals surface area contributed by atoms with Crippen LogP contribution in [0.15, 0.2) is 4.52 Å². The summed E-state index contributed by atoms with van der Waals surface area (Å²) in [5, 5.41) is 3.71. The summed E-state index contributed by atoms with van der Waals surface area (Å²) in [6.45, 7) is 2.35. The lowest BCUT2D eigenvalue weighted by Gasteiger charge is -2.07. The van der Waals surface area contributed by atoms with Gasteiger partial charge in [-0.05, 0) is 19.8 Å². The fourth-order valence-electron chi connectivity index (χ4n) is 1.50. The molecule has 2 N–H and O–H groups in total. The molecule has 0 aromatic carbocycles. The second-order valence-electron chi connectivity index (χ2n) is 3.24. The number of aryl methyl sites for hydroxylation is 1. The molecule has 0 bridgehead atoms. The van der Waals surface area contributed by atoms with Crippen molar-refractivity contribution >= 4 is 0 Å². The molecule has 2 atom stereocenters. The molecule has 1 aromatic heterocycles. The van der Waals surface area contributed by atoms with Gasteiger partial charge in [-0.15, -0.1) is 0 Å². The summed E-state index contributed by atoms with van der Waals surface area (Å²) in [4.78, 5) is 4.12. The van der Waals surface area contributed by atoms with Crippen LogP contribution >= 0.6 is 0 Å². The van der Waals surface area contributed by atoms with E-state index >= 15 is 0 Å². The Morgan fingerprint density at radius 3 is 2.92 bits per heavy atom. The second-order valence-corrected chi connectivity index (χ2v) is 3.24. The maximum Gasteiger partial charge on any atom is 0.255 e. The van der Waals surface area contributed by atoms with Crippen molar-refractivity contribution in [3.8, 4) is 0 Å². The lowest BCUT2D eigenvalue weighted by atomic mass is 10.2. The molecule has 1 aromatic rings. The number of aromatic nitrogens is 2. The summed E-state index contributed by atoms with van der Waals surface area (Å²) in [5.74, 6) is 1.23. The maximum absolute atomic E-state index is 5.59. The van der Waals surface area contributed by atoms with Crippen molar-refractivity contribution in [1.29, 1.82) is 0 Å². The van der Waals surface area contributed by atoms with Gasteiger partial charge in [0.05, 0.1) is 6.10 Å². The van der Waals surface area contributed by atoms with Crippen LogP contribution in [0.4, 0.5) is 0 Å². The van der Waals surface area contributed by atoms with Gasteiger partial charge < -0.3 is 15.0 Å². The summed E-state index contributed by atoms with van der Waals surface area (Å²) < 4.78 is 10.6. The predicted octanol–water partition coefficient (Wildman–Crippen LogP) is 0.557. The Hall–Kier alpha value is -0.940. The minimum atomic E-state index is -0.0465. The second kappa shape index (κ2) is 3.43. The van der Waals surface area contributed by atoms with Crippen molar-refractivity contribution in [2.45, 2.75) is 32.0 Å². The highest BCUT2D eigenvalue weighted by atomic mass is 16.5. The summed E-state index contributed by atoms with van der Waals surface area (Å²) in [7, 11) is 0. The lowest BCUT2D eigenvalue weighted by Crippen LogP contribution is -2.18. The van der Waals surface area contributed by atoms with Crippen molar-refractivity contribution in [3.05, 3.63) is 11.7 Å². The van der Waals surface area contributed by atoms with Gasteiger partial charge in [0, 0.05) is 6.54 Å². The fraction of sp³-hybridized carbons (Fsp3) is 0.750. The minimum Gasteiger partial charge on any atom is -0.364 e. The van der Waals surface area contributed by atoms with Crippen molar-refractivity contribution in [3.63, 3.8) is 0 Å². The first-order chi connectivity index (χ1) is 6.29. The molecule has 0 radical (unpaired) electrons. The van der Waals surface area contributed by atoms with E-state index in [4.69, 9.17) is 15.0 Å². The molecule has 2 rings (SSSR count). The molecule has 2 heterocycles. The maximum atomic E-state index is 5.59. The monoisotopic (exact) mass is 183 g/mol. The highest BCUT2D eigenvalue weighted by Crippen LogP contribution is 2.30. The summed E-state index contributed by atoms with van der Waals surface area (Å²) >= 11 is 0. The van der Waals surface area contributed by atoms with E-state index in [2.05, 4.69) is 10.1 Å². The summed E-state index contributed by atoms with van der Waals surface area (Å²) in [5.41, 5.74) is 5.49. The van der Waals surface area contributed by atoms with E-state index in [1.165, 1.54) is 0 Å². The lowest BCUT2D eigenvalue weighted by molar-refractivity contribution is 0.0307. The van der Waals surface area contributed by atoms with Crippen LogP contribution in [-0.4, -0.2) is 22.8 Å². The zero-order valence-corrected chi connectivity index (χ0v) is 7.56. The average molecular weight is 183 g/mol. The smallest absolute Gasteiger partial charge is 0.255 e. The first kappa shape index (κ1) is 8.65. The van der Waals surface area contributed by atoms with E-state index in [-0.39, 0.29) is 12.2 Å². The van der Waals surface area contributed by atoms with Gasteiger partial charge in [0.1, 0.15) is 6.10 Å². The van der Waals surface area contributed by atoms with Crippen LogP contribution < -0.4 is 5.73 Å². The average Bonchev–Trinajstić information content (AvgIpc) is 2.71. The standard InChI is InChI=1S/C8H13N3O2/c1-5-10-8(13-11-5)7-3-2-6(4-9)12-7/h6-7H,2-4,9H2,1H3/t6-,7+/m0/s1. The first-order valence-corrected chi connectivity index (χ1v) is 4.45. The summed E-state index contributed by atoms with van der Waals surface area (Å²) in [6, 6.07) is 0. The van der Waals surface area contributed by atoms with Crippen LogP contribution in [0.5, 0.6) is 0 Å². The van der Waals surface area contributed by atoms with E-state index in [1.807, 2.05) is 0 Å². The fourth-order valence-corrected chi connectivity index (χ4v) is 1.50. The van der Waals surface area contributed by atoms with E-state index in [0.29, 0.717) is 18.3 Å². The quantitative estimate of drug-likeness (QED) is 0.725. The van der Waals surface area contributed by atoms with Crippen LogP contribution in [0.3, 0.4) is 0 Å². The van der Waals surface area contributed by atoms with Crippen LogP contribution in [0.25, 0.3) is 0 Å². The molecule has 0 saturated carbocycles.